The Balaban J connectivity index is 1.74. The van der Waals surface area contributed by atoms with Crippen LogP contribution in [0.2, 0.25) is 0 Å². The van der Waals surface area contributed by atoms with Gasteiger partial charge in [-0.3, -0.25) is 0 Å². The highest BCUT2D eigenvalue weighted by molar-refractivity contribution is 5.90. The van der Waals surface area contributed by atoms with Crippen LogP contribution in [0.3, 0.4) is 0 Å². The van der Waals surface area contributed by atoms with Gasteiger partial charge in [0, 0.05) is 6.42 Å². The number of carbonyl (C=O) groups excluding carboxylic acids is 2. The summed E-state index contributed by atoms with van der Waals surface area (Å²) in [4.78, 5) is 24.7. The van der Waals surface area contributed by atoms with Gasteiger partial charge in [0.2, 0.25) is 0 Å². The molecule has 0 spiro atoms. The number of esters is 2. The van der Waals surface area contributed by atoms with Crippen molar-refractivity contribution in [1.82, 2.24) is 0 Å². The Morgan fingerprint density at radius 2 is 1.42 bits per heavy atom. The Morgan fingerprint density at radius 1 is 0.923 bits per heavy atom. The second-order valence-corrected chi connectivity index (χ2v) is 6.12. The highest BCUT2D eigenvalue weighted by atomic mass is 16.7. The molecule has 1 aliphatic rings. The zero-order valence-electron chi connectivity index (χ0n) is 14.3. The fraction of sp³-hybridized carbons (Fsp3) is 0.300. The fourth-order valence-corrected chi connectivity index (χ4v) is 2.81. The van der Waals surface area contributed by atoms with Crippen LogP contribution >= 0.6 is 0 Å². The van der Waals surface area contributed by atoms with Crippen LogP contribution in [-0.2, 0) is 14.2 Å². The maximum atomic E-state index is 12.3. The Labute approximate surface area is 151 Å². The molecule has 1 saturated heterocycles. The molecule has 1 heterocycles. The van der Waals surface area contributed by atoms with Gasteiger partial charge in [-0.25, -0.2) is 9.59 Å². The lowest BCUT2D eigenvalue weighted by molar-refractivity contribution is -0.242. The molecule has 1 N–H and O–H groups in total. The van der Waals surface area contributed by atoms with Gasteiger partial charge in [-0.2, -0.15) is 0 Å². The van der Waals surface area contributed by atoms with Crippen LogP contribution in [-0.4, -0.2) is 41.6 Å². The van der Waals surface area contributed by atoms with E-state index in [9.17, 15) is 14.7 Å². The van der Waals surface area contributed by atoms with Crippen molar-refractivity contribution in [2.75, 3.05) is 0 Å². The first-order chi connectivity index (χ1) is 12.5. The van der Waals surface area contributed by atoms with Gasteiger partial charge in [-0.05, 0) is 31.2 Å². The quantitative estimate of drug-likeness (QED) is 0.848. The molecule has 6 nitrogen and oxygen atoms in total. The number of ether oxygens (including phenoxy) is 3. The molecule has 0 amide bonds. The van der Waals surface area contributed by atoms with E-state index in [0.717, 1.165) is 0 Å². The van der Waals surface area contributed by atoms with E-state index in [-0.39, 0.29) is 6.10 Å². The van der Waals surface area contributed by atoms with Crippen LogP contribution in [0.5, 0.6) is 0 Å². The van der Waals surface area contributed by atoms with E-state index in [4.69, 9.17) is 14.2 Å². The molecule has 0 radical (unpaired) electrons. The molecule has 0 aromatic heterocycles. The minimum atomic E-state index is -1.38. The van der Waals surface area contributed by atoms with Crippen LogP contribution in [0.15, 0.2) is 60.7 Å². The Hall–Kier alpha value is -2.70. The normalized spacial score (nSPS) is 25.3. The number of benzene rings is 2. The predicted molar refractivity (Wildman–Crippen MR) is 92.5 cm³/mol. The van der Waals surface area contributed by atoms with E-state index < -0.39 is 30.4 Å². The zero-order valence-corrected chi connectivity index (χ0v) is 14.3. The Morgan fingerprint density at radius 3 is 1.96 bits per heavy atom. The molecular formula is C20H20O6. The van der Waals surface area contributed by atoms with Crippen molar-refractivity contribution >= 4 is 11.9 Å². The average molecular weight is 356 g/mol. The van der Waals surface area contributed by atoms with Crippen molar-refractivity contribution in [3.05, 3.63) is 71.8 Å². The first kappa shape index (κ1) is 18.1. The molecule has 3 rings (SSSR count). The molecule has 0 aliphatic carbocycles. The lowest BCUT2D eigenvalue weighted by Crippen LogP contribution is -2.51. The number of hydrogen-bond acceptors (Lipinski definition) is 6. The Kier molecular flexibility index (Phi) is 5.65. The monoisotopic (exact) mass is 356 g/mol. The van der Waals surface area contributed by atoms with Gasteiger partial charge >= 0.3 is 11.9 Å². The first-order valence-corrected chi connectivity index (χ1v) is 8.40. The summed E-state index contributed by atoms with van der Waals surface area (Å²) >= 11 is 0. The first-order valence-electron chi connectivity index (χ1n) is 8.40. The van der Waals surface area contributed by atoms with Gasteiger partial charge in [-0.15, -0.1) is 0 Å². The largest absolute Gasteiger partial charge is 0.455 e. The van der Waals surface area contributed by atoms with Crippen LogP contribution in [0.4, 0.5) is 0 Å². The summed E-state index contributed by atoms with van der Waals surface area (Å²) in [5.74, 6) is -1.16. The molecule has 136 valence electrons. The van der Waals surface area contributed by atoms with E-state index >= 15 is 0 Å². The lowest BCUT2D eigenvalue weighted by Gasteiger charge is -2.37. The van der Waals surface area contributed by atoms with Crippen molar-refractivity contribution in [3.63, 3.8) is 0 Å². The van der Waals surface area contributed by atoms with Gasteiger partial charge in [-0.1, -0.05) is 36.4 Å². The molecule has 26 heavy (non-hydrogen) atoms. The van der Waals surface area contributed by atoms with Gasteiger partial charge in [0.1, 0.15) is 6.10 Å². The topological polar surface area (TPSA) is 82.1 Å². The molecule has 2 aromatic carbocycles. The molecule has 0 saturated carbocycles. The van der Waals surface area contributed by atoms with Crippen LogP contribution in [0.1, 0.15) is 34.1 Å². The van der Waals surface area contributed by atoms with E-state index in [2.05, 4.69) is 0 Å². The summed E-state index contributed by atoms with van der Waals surface area (Å²) in [5.41, 5.74) is 0.723. The van der Waals surface area contributed by atoms with E-state index in [1.807, 2.05) is 0 Å². The lowest BCUT2D eigenvalue weighted by atomic mass is 10.0. The second-order valence-electron chi connectivity index (χ2n) is 6.12. The number of aliphatic hydroxyl groups is 1. The van der Waals surface area contributed by atoms with Crippen molar-refractivity contribution in [1.29, 1.82) is 0 Å². The summed E-state index contributed by atoms with van der Waals surface area (Å²) in [6.45, 7) is 1.75. The van der Waals surface area contributed by atoms with E-state index in [0.29, 0.717) is 17.5 Å². The third kappa shape index (κ3) is 4.28. The maximum Gasteiger partial charge on any atom is 0.338 e. The third-order valence-corrected chi connectivity index (χ3v) is 4.10. The van der Waals surface area contributed by atoms with Gasteiger partial charge < -0.3 is 19.3 Å². The smallest absolute Gasteiger partial charge is 0.338 e. The number of aliphatic hydroxyl groups excluding tert-OH is 1. The predicted octanol–water partition coefficient (Wildman–Crippen LogP) is 2.56. The summed E-state index contributed by atoms with van der Waals surface area (Å²) in [5, 5.41) is 10.2. The molecule has 1 aliphatic heterocycles. The van der Waals surface area contributed by atoms with Crippen molar-refractivity contribution in [2.45, 2.75) is 37.9 Å². The van der Waals surface area contributed by atoms with E-state index in [1.165, 1.54) is 0 Å². The molecule has 4 atom stereocenters. The van der Waals surface area contributed by atoms with Crippen LogP contribution in [0.25, 0.3) is 0 Å². The van der Waals surface area contributed by atoms with Crippen molar-refractivity contribution in [3.8, 4) is 0 Å². The minimum absolute atomic E-state index is 0.308. The summed E-state index contributed by atoms with van der Waals surface area (Å²) < 4.78 is 16.2. The van der Waals surface area contributed by atoms with Crippen molar-refractivity contribution < 1.29 is 28.9 Å². The molecular weight excluding hydrogens is 336 g/mol. The summed E-state index contributed by atoms with van der Waals surface area (Å²) in [7, 11) is 0. The SMILES string of the molecule is C[C@H]1C[C@H](OC(=O)c2ccccc2)[C@H](OC(=O)c2ccccc2)[C@H](O)O1. The third-order valence-electron chi connectivity index (χ3n) is 4.10. The highest BCUT2D eigenvalue weighted by Crippen LogP contribution is 2.25. The second kappa shape index (κ2) is 8.12. The fourth-order valence-electron chi connectivity index (χ4n) is 2.81. The van der Waals surface area contributed by atoms with Gasteiger partial charge in [0.05, 0.1) is 17.2 Å². The Bertz CT molecular complexity index is 745. The van der Waals surface area contributed by atoms with Crippen LogP contribution < -0.4 is 0 Å². The van der Waals surface area contributed by atoms with Gasteiger partial charge in [0.15, 0.2) is 12.4 Å². The minimum Gasteiger partial charge on any atom is -0.455 e. The standard InChI is InChI=1S/C20H20O6/c1-13-12-16(25-18(21)14-8-4-2-5-9-14)17(20(23)24-13)26-19(22)15-10-6-3-7-11-15/h2-11,13,16-17,20,23H,12H2,1H3/t13-,16-,17-,20+/m0/s1. The zero-order chi connectivity index (χ0) is 18.5. The van der Waals surface area contributed by atoms with Crippen molar-refractivity contribution in [2.24, 2.45) is 0 Å². The average Bonchev–Trinajstić information content (AvgIpc) is 2.65. The molecule has 6 heteroatoms. The van der Waals surface area contributed by atoms with Gasteiger partial charge in [0.25, 0.3) is 0 Å². The number of rotatable bonds is 4. The number of carbonyl (C=O) groups is 2. The molecule has 0 bridgehead atoms. The van der Waals surface area contributed by atoms with E-state index in [1.54, 1.807) is 67.6 Å². The van der Waals surface area contributed by atoms with Crippen LogP contribution in [0, 0.1) is 0 Å². The maximum absolute atomic E-state index is 12.3. The number of hydrogen-bond donors (Lipinski definition) is 1. The highest BCUT2D eigenvalue weighted by Gasteiger charge is 2.42. The molecule has 1 fully saturated rings. The molecule has 2 aromatic rings. The molecule has 0 unspecified atom stereocenters. The summed E-state index contributed by atoms with van der Waals surface area (Å²) in [6, 6.07) is 16.9. The summed E-state index contributed by atoms with van der Waals surface area (Å²) in [6.07, 6.45) is -3.33.